The first-order valence-electron chi connectivity index (χ1n) is 3.59. The van der Waals surface area contributed by atoms with Crippen molar-refractivity contribution in [3.63, 3.8) is 0 Å². The minimum atomic E-state index is -0.577. The average Bonchev–Trinajstić information content (AvgIpc) is 2.17. The van der Waals surface area contributed by atoms with E-state index in [-0.39, 0.29) is 0 Å². The van der Waals surface area contributed by atoms with Crippen LogP contribution in [0.1, 0.15) is 17.2 Å². The largest absolute Gasteiger partial charge is 0.322 e. The Bertz CT molecular complexity index is 286. The SMILES string of the molecule is N#Cc1ccc([C@H](N)CF)cc1. The number of hydrogen-bond acceptors (Lipinski definition) is 2. The van der Waals surface area contributed by atoms with Crippen molar-refractivity contribution in [2.24, 2.45) is 5.73 Å². The van der Waals surface area contributed by atoms with Crippen LogP contribution in [0.3, 0.4) is 0 Å². The molecular formula is C9H9FN2. The Balaban J connectivity index is 2.86. The maximum absolute atomic E-state index is 12.1. The van der Waals surface area contributed by atoms with Gasteiger partial charge in [0.1, 0.15) is 6.67 Å². The fraction of sp³-hybridized carbons (Fsp3) is 0.222. The highest BCUT2D eigenvalue weighted by Crippen LogP contribution is 2.11. The van der Waals surface area contributed by atoms with E-state index in [2.05, 4.69) is 0 Å². The molecule has 12 heavy (non-hydrogen) atoms. The highest BCUT2D eigenvalue weighted by atomic mass is 19.1. The molecule has 0 radical (unpaired) electrons. The molecule has 62 valence electrons. The van der Waals surface area contributed by atoms with E-state index in [1.165, 1.54) is 0 Å². The van der Waals surface area contributed by atoms with Crippen LogP contribution in [0.2, 0.25) is 0 Å². The predicted octanol–water partition coefficient (Wildman–Crippen LogP) is 1.53. The van der Waals surface area contributed by atoms with Gasteiger partial charge >= 0.3 is 0 Å². The van der Waals surface area contributed by atoms with Crippen molar-refractivity contribution >= 4 is 0 Å². The number of alkyl halides is 1. The van der Waals surface area contributed by atoms with Crippen molar-refractivity contribution in [1.82, 2.24) is 0 Å². The van der Waals surface area contributed by atoms with Gasteiger partial charge in [-0.25, -0.2) is 4.39 Å². The molecule has 1 aromatic rings. The summed E-state index contributed by atoms with van der Waals surface area (Å²) in [4.78, 5) is 0. The molecular weight excluding hydrogens is 155 g/mol. The molecule has 0 aliphatic carbocycles. The lowest BCUT2D eigenvalue weighted by Crippen LogP contribution is -2.11. The summed E-state index contributed by atoms with van der Waals surface area (Å²) in [7, 11) is 0. The second-order valence-electron chi connectivity index (χ2n) is 2.49. The van der Waals surface area contributed by atoms with E-state index in [1.807, 2.05) is 6.07 Å². The molecule has 0 heterocycles. The lowest BCUT2D eigenvalue weighted by Gasteiger charge is -2.05. The Kier molecular flexibility index (Phi) is 2.78. The lowest BCUT2D eigenvalue weighted by molar-refractivity contribution is 0.437. The number of nitrogens with zero attached hydrogens (tertiary/aromatic N) is 1. The molecule has 1 aromatic carbocycles. The van der Waals surface area contributed by atoms with Gasteiger partial charge in [-0.05, 0) is 17.7 Å². The molecule has 0 spiro atoms. The van der Waals surface area contributed by atoms with E-state index < -0.39 is 12.7 Å². The van der Waals surface area contributed by atoms with Crippen molar-refractivity contribution in [3.05, 3.63) is 35.4 Å². The van der Waals surface area contributed by atoms with Crippen LogP contribution in [-0.2, 0) is 0 Å². The molecule has 2 nitrogen and oxygen atoms in total. The van der Waals surface area contributed by atoms with Crippen molar-refractivity contribution in [2.45, 2.75) is 6.04 Å². The number of nitriles is 1. The minimum absolute atomic E-state index is 0.560. The second-order valence-corrected chi connectivity index (χ2v) is 2.49. The van der Waals surface area contributed by atoms with Crippen LogP contribution in [0.15, 0.2) is 24.3 Å². The van der Waals surface area contributed by atoms with Crippen molar-refractivity contribution in [3.8, 4) is 6.07 Å². The standard InChI is InChI=1S/C9H9FN2/c10-5-9(12)8-3-1-7(6-11)2-4-8/h1-4,9H,5,12H2/t9-/m1/s1. The monoisotopic (exact) mass is 164 g/mol. The van der Waals surface area contributed by atoms with Crippen LogP contribution in [0.25, 0.3) is 0 Å². The molecule has 3 heteroatoms. The van der Waals surface area contributed by atoms with Crippen molar-refractivity contribution < 1.29 is 4.39 Å². The van der Waals surface area contributed by atoms with Gasteiger partial charge in [0, 0.05) is 0 Å². The summed E-state index contributed by atoms with van der Waals surface area (Å²) in [5, 5.41) is 8.47. The Morgan fingerprint density at radius 2 is 2.00 bits per heavy atom. The van der Waals surface area contributed by atoms with Gasteiger partial charge in [0.25, 0.3) is 0 Å². The first-order chi connectivity index (χ1) is 5.77. The van der Waals surface area contributed by atoms with E-state index in [1.54, 1.807) is 24.3 Å². The summed E-state index contributed by atoms with van der Waals surface area (Å²) in [6, 6.07) is 8.00. The maximum Gasteiger partial charge on any atom is 0.109 e. The third-order valence-electron chi connectivity index (χ3n) is 1.63. The number of nitrogens with two attached hydrogens (primary N) is 1. The first kappa shape index (κ1) is 8.69. The Morgan fingerprint density at radius 1 is 1.42 bits per heavy atom. The summed E-state index contributed by atoms with van der Waals surface area (Å²) in [5.41, 5.74) is 6.71. The van der Waals surface area contributed by atoms with E-state index in [0.29, 0.717) is 5.56 Å². The van der Waals surface area contributed by atoms with E-state index in [9.17, 15) is 4.39 Å². The highest BCUT2D eigenvalue weighted by molar-refractivity contribution is 5.32. The summed E-state index contributed by atoms with van der Waals surface area (Å²) in [6.07, 6.45) is 0. The maximum atomic E-state index is 12.1. The number of rotatable bonds is 2. The average molecular weight is 164 g/mol. The third kappa shape index (κ3) is 1.80. The van der Waals surface area contributed by atoms with Gasteiger partial charge in [-0.2, -0.15) is 5.26 Å². The molecule has 1 rings (SSSR count). The van der Waals surface area contributed by atoms with Gasteiger partial charge < -0.3 is 5.73 Å². The molecule has 0 aromatic heterocycles. The van der Waals surface area contributed by atoms with Crippen LogP contribution >= 0.6 is 0 Å². The fourth-order valence-corrected chi connectivity index (χ4v) is 0.894. The molecule has 0 unspecified atom stereocenters. The summed E-state index contributed by atoms with van der Waals surface area (Å²) in [5.74, 6) is 0. The van der Waals surface area contributed by atoms with Crippen LogP contribution < -0.4 is 5.73 Å². The first-order valence-corrected chi connectivity index (χ1v) is 3.59. The molecule has 1 atom stereocenters. The topological polar surface area (TPSA) is 49.8 Å². The van der Waals surface area contributed by atoms with Gasteiger partial charge in [-0.1, -0.05) is 12.1 Å². The van der Waals surface area contributed by atoms with Crippen LogP contribution in [0.4, 0.5) is 4.39 Å². The molecule has 0 aliphatic rings. The van der Waals surface area contributed by atoms with Gasteiger partial charge in [0.2, 0.25) is 0 Å². The van der Waals surface area contributed by atoms with Crippen LogP contribution in [0.5, 0.6) is 0 Å². The summed E-state index contributed by atoms with van der Waals surface area (Å²) < 4.78 is 12.1. The molecule has 0 saturated heterocycles. The highest BCUT2D eigenvalue weighted by Gasteiger charge is 2.03. The van der Waals surface area contributed by atoms with E-state index in [0.717, 1.165) is 5.56 Å². The van der Waals surface area contributed by atoms with Gasteiger partial charge in [-0.15, -0.1) is 0 Å². The van der Waals surface area contributed by atoms with Gasteiger partial charge in [-0.3, -0.25) is 0 Å². The molecule has 0 bridgehead atoms. The number of hydrogen-bond donors (Lipinski definition) is 1. The Hall–Kier alpha value is -1.40. The molecule has 0 saturated carbocycles. The van der Waals surface area contributed by atoms with Crippen molar-refractivity contribution in [2.75, 3.05) is 6.67 Å². The Morgan fingerprint density at radius 3 is 2.42 bits per heavy atom. The molecule has 0 fully saturated rings. The van der Waals surface area contributed by atoms with E-state index >= 15 is 0 Å². The minimum Gasteiger partial charge on any atom is -0.322 e. The van der Waals surface area contributed by atoms with Gasteiger partial charge in [0.15, 0.2) is 0 Å². The van der Waals surface area contributed by atoms with Crippen LogP contribution in [0, 0.1) is 11.3 Å². The molecule has 0 amide bonds. The molecule has 0 aliphatic heterocycles. The van der Waals surface area contributed by atoms with Crippen molar-refractivity contribution in [1.29, 1.82) is 5.26 Å². The predicted molar refractivity (Wildman–Crippen MR) is 44.1 cm³/mol. The summed E-state index contributed by atoms with van der Waals surface area (Å²) >= 11 is 0. The fourth-order valence-electron chi connectivity index (χ4n) is 0.894. The normalized spacial score (nSPS) is 12.1. The molecule has 2 N–H and O–H groups in total. The van der Waals surface area contributed by atoms with Gasteiger partial charge in [0.05, 0.1) is 17.7 Å². The smallest absolute Gasteiger partial charge is 0.109 e. The summed E-state index contributed by atoms with van der Waals surface area (Å²) in [6.45, 7) is -0.577. The van der Waals surface area contributed by atoms with Crippen LogP contribution in [-0.4, -0.2) is 6.67 Å². The number of halogens is 1. The zero-order chi connectivity index (χ0) is 8.97. The zero-order valence-electron chi connectivity index (χ0n) is 6.50. The van der Waals surface area contributed by atoms with E-state index in [4.69, 9.17) is 11.0 Å². The third-order valence-corrected chi connectivity index (χ3v) is 1.63. The Labute approximate surface area is 70.4 Å². The quantitative estimate of drug-likeness (QED) is 0.720. The zero-order valence-corrected chi connectivity index (χ0v) is 6.50. The second kappa shape index (κ2) is 3.84. The lowest BCUT2D eigenvalue weighted by atomic mass is 10.1. The number of benzene rings is 1.